The quantitative estimate of drug-likeness (QED) is 0.149. The van der Waals surface area contributed by atoms with Crippen LogP contribution in [0, 0.1) is 18.8 Å². The molecule has 0 radical (unpaired) electrons. The molecule has 1 aliphatic rings. The number of phenolic OH excluding ortho intramolecular Hbond substituents is 1. The number of ether oxygens (including phenoxy) is 1. The average molecular weight is 717 g/mol. The van der Waals surface area contributed by atoms with Gasteiger partial charge in [0.25, 0.3) is 0 Å². The van der Waals surface area contributed by atoms with Crippen LogP contribution in [0.4, 0.5) is 10.5 Å². The van der Waals surface area contributed by atoms with E-state index in [4.69, 9.17) is 27.9 Å². The van der Waals surface area contributed by atoms with Crippen molar-refractivity contribution in [3.05, 3.63) is 99.2 Å². The van der Waals surface area contributed by atoms with Crippen LogP contribution >= 0.6 is 23.2 Å². The fourth-order valence-electron chi connectivity index (χ4n) is 5.66. The molecule has 12 heteroatoms. The SMILES string of the molecule is Cc1ccc(O)c(-c2[nH]ncc2C#Cc2ccc(NC(=O)C3CCCCN3C(=O)C(Cc3ccc(Cl)cc3Cl)NC(=O)OC(C)(C)C)cc2)c1. The molecule has 0 saturated carbocycles. The number of carbonyl (C=O) groups excluding carboxylic acids is 3. The number of benzene rings is 3. The predicted octanol–water partition coefficient (Wildman–Crippen LogP) is 7.25. The Labute approximate surface area is 301 Å². The summed E-state index contributed by atoms with van der Waals surface area (Å²) in [7, 11) is 0. The number of hydrogen-bond donors (Lipinski definition) is 4. The predicted molar refractivity (Wildman–Crippen MR) is 194 cm³/mol. The number of nitrogens with one attached hydrogen (secondary N) is 3. The summed E-state index contributed by atoms with van der Waals surface area (Å²) in [6.07, 6.45) is 2.87. The molecule has 1 aliphatic heterocycles. The molecule has 4 N–H and O–H groups in total. The molecule has 0 aliphatic carbocycles. The summed E-state index contributed by atoms with van der Waals surface area (Å²) >= 11 is 12.5. The van der Waals surface area contributed by atoms with E-state index >= 15 is 0 Å². The zero-order valence-electron chi connectivity index (χ0n) is 28.3. The lowest BCUT2D eigenvalue weighted by molar-refractivity contribution is -0.142. The van der Waals surface area contributed by atoms with Gasteiger partial charge in [-0.15, -0.1) is 0 Å². The number of aromatic hydroxyl groups is 1. The van der Waals surface area contributed by atoms with E-state index in [2.05, 4.69) is 32.7 Å². The highest BCUT2D eigenvalue weighted by Crippen LogP contribution is 2.31. The molecule has 0 bridgehead atoms. The fraction of sp³-hybridized carbons (Fsp3) is 0.316. The van der Waals surface area contributed by atoms with Gasteiger partial charge in [-0.25, -0.2) is 4.79 Å². The number of aryl methyl sites for hydroxylation is 1. The minimum atomic E-state index is -1.04. The van der Waals surface area contributed by atoms with Crippen molar-refractivity contribution in [1.29, 1.82) is 0 Å². The third-order valence-corrected chi connectivity index (χ3v) is 8.66. The first kappa shape index (κ1) is 36.3. The first-order valence-electron chi connectivity index (χ1n) is 16.3. The number of H-pyrrole nitrogens is 1. The van der Waals surface area contributed by atoms with Gasteiger partial charge in [0.2, 0.25) is 11.8 Å². The number of anilines is 1. The highest BCUT2D eigenvalue weighted by atomic mass is 35.5. The van der Waals surface area contributed by atoms with Crippen LogP contribution in [0.2, 0.25) is 10.0 Å². The van der Waals surface area contributed by atoms with Crippen LogP contribution < -0.4 is 10.6 Å². The van der Waals surface area contributed by atoms with Crippen molar-refractivity contribution >= 4 is 46.8 Å². The third-order valence-electron chi connectivity index (χ3n) is 8.07. The van der Waals surface area contributed by atoms with E-state index in [-0.39, 0.29) is 18.1 Å². The fourth-order valence-corrected chi connectivity index (χ4v) is 6.15. The van der Waals surface area contributed by atoms with Crippen molar-refractivity contribution in [2.75, 3.05) is 11.9 Å². The zero-order chi connectivity index (χ0) is 36.0. The Bertz CT molecular complexity index is 1940. The maximum absolute atomic E-state index is 14.1. The van der Waals surface area contributed by atoms with Gasteiger partial charge in [-0.05, 0) is 101 Å². The highest BCUT2D eigenvalue weighted by Gasteiger charge is 2.37. The Hall–Kier alpha value is -4.98. The Balaban J connectivity index is 1.30. The number of rotatable bonds is 7. The summed E-state index contributed by atoms with van der Waals surface area (Å²) in [5.74, 6) is 5.59. The van der Waals surface area contributed by atoms with Crippen LogP contribution in [0.1, 0.15) is 62.3 Å². The standard InChI is InChI=1S/C38H39Cl2N5O5/c1-23-8-17-33(46)29(19-23)34-26(22-41-44-34)12-9-24-10-15-28(16-11-24)42-35(47)32-7-5-6-18-45(32)36(48)31(43-37(49)50-38(2,3)4)20-25-13-14-27(39)21-30(25)40/h8,10-11,13-17,19,21-22,31-32,46H,5-7,18,20H2,1-4H3,(H,41,44)(H,42,47)(H,43,49). The molecule has 3 amide bonds. The molecule has 2 heterocycles. The topological polar surface area (TPSA) is 137 Å². The van der Waals surface area contributed by atoms with E-state index in [1.54, 1.807) is 75.5 Å². The number of nitrogens with zero attached hydrogens (tertiary/aromatic N) is 2. The molecule has 5 rings (SSSR count). The van der Waals surface area contributed by atoms with Crippen molar-refractivity contribution in [2.45, 2.75) is 71.1 Å². The van der Waals surface area contributed by atoms with E-state index < -0.39 is 29.7 Å². The van der Waals surface area contributed by atoms with Crippen LogP contribution in [0.15, 0.2) is 66.9 Å². The number of carbonyl (C=O) groups is 3. The third kappa shape index (κ3) is 9.37. The van der Waals surface area contributed by atoms with Gasteiger partial charge in [0, 0.05) is 39.8 Å². The summed E-state index contributed by atoms with van der Waals surface area (Å²) in [4.78, 5) is 42.1. The zero-order valence-corrected chi connectivity index (χ0v) is 29.8. The van der Waals surface area contributed by atoms with E-state index in [0.29, 0.717) is 63.1 Å². The largest absolute Gasteiger partial charge is 0.507 e. The lowest BCUT2D eigenvalue weighted by Gasteiger charge is -2.37. The molecule has 260 valence electrons. The molecule has 1 fully saturated rings. The van der Waals surface area contributed by atoms with E-state index in [1.165, 1.54) is 4.90 Å². The molecule has 2 unspecified atom stereocenters. The van der Waals surface area contributed by atoms with E-state index in [0.717, 1.165) is 12.0 Å². The number of hydrogen-bond acceptors (Lipinski definition) is 6. The van der Waals surface area contributed by atoms with Crippen molar-refractivity contribution in [3.63, 3.8) is 0 Å². The molecular weight excluding hydrogens is 677 g/mol. The Morgan fingerprint density at radius 3 is 2.54 bits per heavy atom. The van der Waals surface area contributed by atoms with Crippen molar-refractivity contribution in [1.82, 2.24) is 20.4 Å². The molecular formula is C38H39Cl2N5O5. The van der Waals surface area contributed by atoms with Gasteiger partial charge in [0.15, 0.2) is 0 Å². The minimum Gasteiger partial charge on any atom is -0.507 e. The van der Waals surface area contributed by atoms with Crippen LogP contribution in [0.3, 0.4) is 0 Å². The Morgan fingerprint density at radius 1 is 1.06 bits per heavy atom. The number of alkyl carbamates (subject to hydrolysis) is 1. The van der Waals surface area contributed by atoms with Gasteiger partial charge in [-0.1, -0.05) is 52.7 Å². The lowest BCUT2D eigenvalue weighted by Crippen LogP contribution is -2.57. The van der Waals surface area contributed by atoms with Crippen LogP contribution in [0.25, 0.3) is 11.3 Å². The van der Waals surface area contributed by atoms with Gasteiger partial charge >= 0.3 is 6.09 Å². The van der Waals surface area contributed by atoms with Crippen molar-refractivity contribution in [2.24, 2.45) is 0 Å². The van der Waals surface area contributed by atoms with Gasteiger partial charge in [-0.2, -0.15) is 5.10 Å². The van der Waals surface area contributed by atoms with Gasteiger partial charge in [0.05, 0.1) is 17.5 Å². The van der Waals surface area contributed by atoms with Gasteiger partial charge < -0.3 is 25.4 Å². The summed E-state index contributed by atoms with van der Waals surface area (Å²) in [5.41, 5.74) is 3.93. The number of halogens is 2. The Morgan fingerprint density at radius 2 is 1.82 bits per heavy atom. The normalized spacial score (nSPS) is 15.0. The van der Waals surface area contributed by atoms with Crippen LogP contribution in [0.5, 0.6) is 5.75 Å². The van der Waals surface area contributed by atoms with Crippen LogP contribution in [-0.4, -0.2) is 62.3 Å². The first-order valence-corrected chi connectivity index (χ1v) is 17.0. The second kappa shape index (κ2) is 15.7. The number of aromatic amines is 1. The molecule has 1 aromatic heterocycles. The summed E-state index contributed by atoms with van der Waals surface area (Å²) < 4.78 is 5.45. The molecule has 2 atom stereocenters. The summed E-state index contributed by atoms with van der Waals surface area (Å²) in [6.45, 7) is 7.49. The average Bonchev–Trinajstić information content (AvgIpc) is 3.53. The van der Waals surface area contributed by atoms with E-state index in [1.807, 2.05) is 19.1 Å². The van der Waals surface area contributed by atoms with Gasteiger partial charge in [-0.3, -0.25) is 14.7 Å². The molecule has 4 aromatic rings. The smallest absolute Gasteiger partial charge is 0.408 e. The van der Waals surface area contributed by atoms with Gasteiger partial charge in [0.1, 0.15) is 23.4 Å². The second-order valence-electron chi connectivity index (χ2n) is 13.2. The number of amides is 3. The first-order chi connectivity index (χ1) is 23.8. The monoisotopic (exact) mass is 715 g/mol. The maximum Gasteiger partial charge on any atom is 0.408 e. The van der Waals surface area contributed by atoms with E-state index in [9.17, 15) is 19.5 Å². The number of piperidine rings is 1. The number of aromatic nitrogens is 2. The summed E-state index contributed by atoms with van der Waals surface area (Å²) in [6, 6.07) is 15.5. The molecule has 10 nitrogen and oxygen atoms in total. The molecule has 50 heavy (non-hydrogen) atoms. The molecule has 1 saturated heterocycles. The maximum atomic E-state index is 14.1. The molecule has 0 spiro atoms. The highest BCUT2D eigenvalue weighted by molar-refractivity contribution is 6.35. The lowest BCUT2D eigenvalue weighted by atomic mass is 9.98. The van der Waals surface area contributed by atoms with Crippen LogP contribution in [-0.2, 0) is 20.7 Å². The molecule has 3 aromatic carbocycles. The summed E-state index contributed by atoms with van der Waals surface area (Å²) in [5, 5.41) is 23.8. The number of phenols is 1. The number of likely N-dealkylation sites (tertiary alicyclic amines) is 1. The van der Waals surface area contributed by atoms with Crippen molar-refractivity contribution < 1.29 is 24.2 Å². The second-order valence-corrected chi connectivity index (χ2v) is 14.0. The minimum absolute atomic E-state index is 0.0773. The Kier molecular flexibility index (Phi) is 11.4. The van der Waals surface area contributed by atoms with Crippen molar-refractivity contribution in [3.8, 4) is 28.8 Å².